The number of fused-ring (bicyclic) bond motifs is 1. The molecule has 0 saturated carbocycles. The maximum absolute atomic E-state index is 3.48. The number of aromatic nitrogens is 1. The minimum absolute atomic E-state index is 1.11. The van der Waals surface area contributed by atoms with Crippen LogP contribution in [0.4, 0.5) is 0 Å². The Bertz CT molecular complexity index is 669. The highest BCUT2D eigenvalue weighted by Gasteiger charge is 2.04. The molecule has 0 amide bonds. The first kappa shape index (κ1) is 11.5. The van der Waals surface area contributed by atoms with Gasteiger partial charge in [-0.05, 0) is 60.9 Å². The van der Waals surface area contributed by atoms with Crippen LogP contribution < -0.4 is 0 Å². The van der Waals surface area contributed by atoms with Crippen LogP contribution >= 0.6 is 15.9 Å². The Balaban J connectivity index is 2.16. The standard InChI is InChI=1S/C16H14BrN/c1-10-7-13-9-16(18-15(13)8-11(10)2)12-3-5-14(17)6-4-12/h3-9,18H,1-2H3. The second kappa shape index (κ2) is 4.29. The third-order valence-electron chi connectivity index (χ3n) is 3.39. The van der Waals surface area contributed by atoms with Gasteiger partial charge in [0.2, 0.25) is 0 Å². The molecule has 90 valence electrons. The van der Waals surface area contributed by atoms with Crippen LogP contribution in [0.3, 0.4) is 0 Å². The van der Waals surface area contributed by atoms with Crippen molar-refractivity contribution in [1.82, 2.24) is 4.98 Å². The van der Waals surface area contributed by atoms with E-state index in [1.54, 1.807) is 0 Å². The van der Waals surface area contributed by atoms with Crippen molar-refractivity contribution < 1.29 is 0 Å². The molecule has 2 heteroatoms. The first-order chi connectivity index (χ1) is 8.63. The highest BCUT2D eigenvalue weighted by atomic mass is 79.9. The van der Waals surface area contributed by atoms with Crippen LogP contribution in [0, 0.1) is 13.8 Å². The van der Waals surface area contributed by atoms with Crippen LogP contribution in [0.2, 0.25) is 0 Å². The zero-order valence-corrected chi connectivity index (χ0v) is 12.0. The molecule has 1 nitrogen and oxygen atoms in total. The molecule has 3 aromatic rings. The Morgan fingerprint density at radius 3 is 2.28 bits per heavy atom. The highest BCUT2D eigenvalue weighted by Crippen LogP contribution is 2.27. The quantitative estimate of drug-likeness (QED) is 0.634. The van der Waals surface area contributed by atoms with Crippen LogP contribution in [-0.2, 0) is 0 Å². The van der Waals surface area contributed by atoms with Crippen LogP contribution in [0.15, 0.2) is 46.9 Å². The van der Waals surface area contributed by atoms with Gasteiger partial charge in [-0.2, -0.15) is 0 Å². The molecule has 0 atom stereocenters. The van der Waals surface area contributed by atoms with Gasteiger partial charge in [-0.1, -0.05) is 28.1 Å². The fraction of sp³-hybridized carbons (Fsp3) is 0.125. The average molecular weight is 300 g/mol. The molecule has 0 fully saturated rings. The highest BCUT2D eigenvalue weighted by molar-refractivity contribution is 9.10. The summed E-state index contributed by atoms with van der Waals surface area (Å²) in [6.07, 6.45) is 0. The van der Waals surface area contributed by atoms with Gasteiger partial charge < -0.3 is 4.98 Å². The predicted molar refractivity (Wildman–Crippen MR) is 80.9 cm³/mol. The SMILES string of the molecule is Cc1cc2cc(-c3ccc(Br)cc3)[nH]c2cc1C. The number of aromatic amines is 1. The molecule has 1 N–H and O–H groups in total. The lowest BCUT2D eigenvalue weighted by Gasteiger charge is -1.98. The lowest BCUT2D eigenvalue weighted by Crippen LogP contribution is -1.79. The van der Waals surface area contributed by atoms with Gasteiger partial charge in [0.05, 0.1) is 0 Å². The molecule has 0 aliphatic carbocycles. The molecule has 0 radical (unpaired) electrons. The Labute approximate surface area is 115 Å². The van der Waals surface area contributed by atoms with E-state index in [1.807, 2.05) is 0 Å². The van der Waals surface area contributed by atoms with E-state index in [0.717, 1.165) is 4.47 Å². The Kier molecular flexibility index (Phi) is 2.75. The van der Waals surface area contributed by atoms with Gasteiger partial charge in [-0.3, -0.25) is 0 Å². The number of nitrogens with one attached hydrogen (secondary N) is 1. The normalized spacial score (nSPS) is 11.1. The molecule has 0 bridgehead atoms. The number of halogens is 1. The summed E-state index contributed by atoms with van der Waals surface area (Å²) in [5.41, 5.74) is 6.25. The van der Waals surface area contributed by atoms with E-state index in [0.29, 0.717) is 0 Å². The summed E-state index contributed by atoms with van der Waals surface area (Å²) in [4.78, 5) is 3.48. The second-order valence-corrected chi connectivity index (χ2v) is 5.63. The van der Waals surface area contributed by atoms with E-state index in [2.05, 4.69) is 77.2 Å². The minimum Gasteiger partial charge on any atom is -0.355 e. The van der Waals surface area contributed by atoms with E-state index in [9.17, 15) is 0 Å². The zero-order valence-electron chi connectivity index (χ0n) is 10.4. The van der Waals surface area contributed by atoms with E-state index in [-0.39, 0.29) is 0 Å². The lowest BCUT2D eigenvalue weighted by atomic mass is 10.1. The molecule has 1 aromatic heterocycles. The number of aryl methyl sites for hydroxylation is 2. The summed E-state index contributed by atoms with van der Waals surface area (Å²) in [6.45, 7) is 4.30. The molecular formula is C16H14BrN. The third kappa shape index (κ3) is 1.97. The van der Waals surface area contributed by atoms with E-state index in [1.165, 1.54) is 33.3 Å². The smallest absolute Gasteiger partial charge is 0.0464 e. The van der Waals surface area contributed by atoms with Gasteiger partial charge >= 0.3 is 0 Å². The Hall–Kier alpha value is -1.54. The molecule has 0 saturated heterocycles. The molecule has 18 heavy (non-hydrogen) atoms. The maximum atomic E-state index is 3.48. The Morgan fingerprint density at radius 2 is 1.56 bits per heavy atom. The van der Waals surface area contributed by atoms with Gasteiger partial charge in [-0.25, -0.2) is 0 Å². The fourth-order valence-corrected chi connectivity index (χ4v) is 2.45. The van der Waals surface area contributed by atoms with Gasteiger partial charge in [0.1, 0.15) is 0 Å². The summed E-state index contributed by atoms with van der Waals surface area (Å²) >= 11 is 3.46. The third-order valence-corrected chi connectivity index (χ3v) is 3.92. The van der Waals surface area contributed by atoms with E-state index >= 15 is 0 Å². The summed E-state index contributed by atoms with van der Waals surface area (Å²) in [5, 5.41) is 1.27. The van der Waals surface area contributed by atoms with Crippen LogP contribution in [0.1, 0.15) is 11.1 Å². The van der Waals surface area contributed by atoms with Crippen molar-refractivity contribution in [3.8, 4) is 11.3 Å². The molecule has 3 rings (SSSR count). The Morgan fingerprint density at radius 1 is 0.889 bits per heavy atom. The van der Waals surface area contributed by atoms with Crippen molar-refractivity contribution >= 4 is 26.8 Å². The van der Waals surface area contributed by atoms with Crippen molar-refractivity contribution in [2.75, 3.05) is 0 Å². The van der Waals surface area contributed by atoms with Crippen LogP contribution in [0.25, 0.3) is 22.2 Å². The van der Waals surface area contributed by atoms with Crippen LogP contribution in [-0.4, -0.2) is 4.98 Å². The predicted octanol–water partition coefficient (Wildman–Crippen LogP) is 5.21. The summed E-state index contributed by atoms with van der Waals surface area (Å²) in [5.74, 6) is 0. The number of rotatable bonds is 1. The number of hydrogen-bond donors (Lipinski definition) is 1. The average Bonchev–Trinajstić information content (AvgIpc) is 2.73. The van der Waals surface area contributed by atoms with Gasteiger partial charge in [0, 0.05) is 21.1 Å². The molecular weight excluding hydrogens is 286 g/mol. The van der Waals surface area contributed by atoms with Crippen molar-refractivity contribution in [3.05, 3.63) is 58.1 Å². The monoisotopic (exact) mass is 299 g/mol. The lowest BCUT2D eigenvalue weighted by molar-refractivity contribution is 1.35. The van der Waals surface area contributed by atoms with Crippen molar-refractivity contribution in [1.29, 1.82) is 0 Å². The summed E-state index contributed by atoms with van der Waals surface area (Å²) in [7, 11) is 0. The van der Waals surface area contributed by atoms with E-state index in [4.69, 9.17) is 0 Å². The molecule has 2 aromatic carbocycles. The fourth-order valence-electron chi connectivity index (χ4n) is 2.19. The molecule has 1 heterocycles. The van der Waals surface area contributed by atoms with Gasteiger partial charge in [0.15, 0.2) is 0 Å². The largest absolute Gasteiger partial charge is 0.355 e. The van der Waals surface area contributed by atoms with Crippen molar-refractivity contribution in [3.63, 3.8) is 0 Å². The summed E-state index contributed by atoms with van der Waals surface area (Å²) < 4.78 is 1.11. The maximum Gasteiger partial charge on any atom is 0.0464 e. The van der Waals surface area contributed by atoms with Gasteiger partial charge in [0.25, 0.3) is 0 Å². The number of benzene rings is 2. The van der Waals surface area contributed by atoms with Gasteiger partial charge in [-0.15, -0.1) is 0 Å². The molecule has 0 spiro atoms. The van der Waals surface area contributed by atoms with Crippen molar-refractivity contribution in [2.45, 2.75) is 13.8 Å². The summed E-state index contributed by atoms with van der Waals surface area (Å²) in [6, 6.07) is 15.0. The molecule has 0 aliphatic heterocycles. The minimum atomic E-state index is 1.11. The first-order valence-electron chi connectivity index (χ1n) is 5.99. The molecule has 0 aliphatic rings. The van der Waals surface area contributed by atoms with E-state index < -0.39 is 0 Å². The number of hydrogen-bond acceptors (Lipinski definition) is 0. The topological polar surface area (TPSA) is 15.8 Å². The number of H-pyrrole nitrogens is 1. The van der Waals surface area contributed by atoms with Crippen LogP contribution in [0.5, 0.6) is 0 Å². The second-order valence-electron chi connectivity index (χ2n) is 4.71. The van der Waals surface area contributed by atoms with Crippen molar-refractivity contribution in [2.24, 2.45) is 0 Å². The first-order valence-corrected chi connectivity index (χ1v) is 6.79. The zero-order chi connectivity index (χ0) is 12.7. The molecule has 0 unspecified atom stereocenters.